The molecule has 5 aromatic rings. The highest BCUT2D eigenvalue weighted by atomic mass is 35.5. The predicted molar refractivity (Wildman–Crippen MR) is 194 cm³/mol. The Morgan fingerprint density at radius 2 is 1.27 bits per heavy atom. The summed E-state index contributed by atoms with van der Waals surface area (Å²) in [6.45, 7) is 9.39. The van der Waals surface area contributed by atoms with Gasteiger partial charge in [0, 0.05) is 75.4 Å². The third kappa shape index (κ3) is 8.28. The average Bonchev–Trinajstić information content (AvgIpc) is 3.48. The molecule has 258 valence electrons. The maximum Gasteiger partial charge on any atom is 0.137 e. The first kappa shape index (κ1) is 34.5. The average molecular weight is 706 g/mol. The smallest absolute Gasteiger partial charge is 0.137 e. The first-order valence-corrected chi connectivity index (χ1v) is 17.3. The van der Waals surface area contributed by atoms with E-state index < -0.39 is 0 Å². The summed E-state index contributed by atoms with van der Waals surface area (Å²) in [5.41, 5.74) is 2.99. The molecule has 3 aromatic heterocycles. The molecule has 2 aliphatic heterocycles. The Bertz CT molecular complexity index is 1870. The van der Waals surface area contributed by atoms with E-state index in [1.807, 2.05) is 69.0 Å². The quantitative estimate of drug-likeness (QED) is 0.162. The molecule has 5 heterocycles. The number of nitrogens with zero attached hydrogens (tertiary/aromatic N) is 8. The number of benzene rings is 2. The summed E-state index contributed by atoms with van der Waals surface area (Å²) in [5.74, 6) is 5.19. The maximum atomic E-state index is 6.21. The summed E-state index contributed by atoms with van der Waals surface area (Å²) in [4.78, 5) is 21.7. The van der Waals surface area contributed by atoms with Gasteiger partial charge in [-0.25, -0.2) is 19.9 Å². The van der Waals surface area contributed by atoms with E-state index in [2.05, 4.69) is 47.0 Å². The summed E-state index contributed by atoms with van der Waals surface area (Å²) in [6.07, 6.45) is 7.62. The van der Waals surface area contributed by atoms with Crippen molar-refractivity contribution in [2.45, 2.75) is 58.7 Å². The van der Waals surface area contributed by atoms with Gasteiger partial charge in [-0.3, -0.25) is 4.68 Å². The number of piperidine rings is 2. The van der Waals surface area contributed by atoms with Crippen molar-refractivity contribution in [3.05, 3.63) is 82.2 Å². The number of ether oxygens (including phenoxy) is 3. The Labute approximate surface area is 297 Å². The monoisotopic (exact) mass is 704 g/mol. The van der Waals surface area contributed by atoms with Gasteiger partial charge in [0.2, 0.25) is 0 Å². The second-order valence-corrected chi connectivity index (χ2v) is 13.1. The van der Waals surface area contributed by atoms with Crippen LogP contribution in [0.15, 0.2) is 55.0 Å². The SMILES string of the molecule is COc1ccc(OC2CCN(c3ncnc(Cl)c3C)CC2)cc1.Cc1nc(Cl)c(C)c(N2CCC(Oc3ccc4c(cnn4C)c3)CC2)n1. The lowest BCUT2D eigenvalue weighted by Gasteiger charge is -2.33. The first-order chi connectivity index (χ1) is 23.7. The fourth-order valence-corrected chi connectivity index (χ4v) is 6.59. The van der Waals surface area contributed by atoms with Gasteiger partial charge in [0.1, 0.15) is 63.6 Å². The predicted octanol–water partition coefficient (Wildman–Crippen LogP) is 7.18. The van der Waals surface area contributed by atoms with Crippen LogP contribution in [0, 0.1) is 20.8 Å². The van der Waals surface area contributed by atoms with Gasteiger partial charge >= 0.3 is 0 Å². The summed E-state index contributed by atoms with van der Waals surface area (Å²) < 4.78 is 19.3. The number of methoxy groups -OCH3 is 1. The van der Waals surface area contributed by atoms with Crippen LogP contribution in [0.2, 0.25) is 10.3 Å². The Morgan fingerprint density at radius 3 is 1.92 bits per heavy atom. The van der Waals surface area contributed by atoms with E-state index in [0.717, 1.165) is 103 Å². The molecule has 2 aliphatic rings. The molecule has 7 rings (SSSR count). The molecule has 11 nitrogen and oxygen atoms in total. The van der Waals surface area contributed by atoms with Crippen LogP contribution in [0.25, 0.3) is 10.9 Å². The molecule has 13 heteroatoms. The highest BCUT2D eigenvalue weighted by Gasteiger charge is 2.25. The molecule has 0 unspecified atom stereocenters. The van der Waals surface area contributed by atoms with E-state index in [4.69, 9.17) is 37.4 Å². The van der Waals surface area contributed by atoms with Gasteiger partial charge in [0.15, 0.2) is 0 Å². The van der Waals surface area contributed by atoms with Crippen molar-refractivity contribution >= 4 is 45.7 Å². The van der Waals surface area contributed by atoms with Crippen LogP contribution >= 0.6 is 23.2 Å². The molecule has 49 heavy (non-hydrogen) atoms. The Balaban J connectivity index is 0.000000171. The fraction of sp³-hybridized carbons (Fsp3) is 0.417. The third-order valence-electron chi connectivity index (χ3n) is 9.03. The zero-order valence-corrected chi connectivity index (χ0v) is 30.1. The number of fused-ring (bicyclic) bond motifs is 1. The molecule has 0 bridgehead atoms. The maximum absolute atomic E-state index is 6.21. The van der Waals surface area contributed by atoms with Crippen LogP contribution < -0.4 is 24.0 Å². The van der Waals surface area contributed by atoms with E-state index >= 15 is 0 Å². The molecular formula is C36H42Cl2N8O3. The lowest BCUT2D eigenvalue weighted by Crippen LogP contribution is -2.39. The van der Waals surface area contributed by atoms with Gasteiger partial charge in [-0.15, -0.1) is 0 Å². The second-order valence-electron chi connectivity index (χ2n) is 12.4. The van der Waals surface area contributed by atoms with Crippen molar-refractivity contribution in [2.75, 3.05) is 43.1 Å². The third-order valence-corrected chi connectivity index (χ3v) is 9.78. The van der Waals surface area contributed by atoms with Crippen molar-refractivity contribution < 1.29 is 14.2 Å². The number of aromatic nitrogens is 6. The molecule has 2 saturated heterocycles. The summed E-state index contributed by atoms with van der Waals surface area (Å²) in [7, 11) is 3.61. The summed E-state index contributed by atoms with van der Waals surface area (Å²) >= 11 is 12.3. The number of hydrogen-bond acceptors (Lipinski definition) is 10. The van der Waals surface area contributed by atoms with E-state index in [1.54, 1.807) is 7.11 Å². The number of hydrogen-bond donors (Lipinski definition) is 0. The molecular weight excluding hydrogens is 663 g/mol. The van der Waals surface area contributed by atoms with Crippen molar-refractivity contribution in [3.8, 4) is 17.2 Å². The first-order valence-electron chi connectivity index (χ1n) is 16.6. The number of rotatable bonds is 7. The molecule has 0 spiro atoms. The Hall–Kier alpha value is -4.35. The molecule has 2 fully saturated rings. The fourth-order valence-electron chi connectivity index (χ4n) is 6.25. The lowest BCUT2D eigenvalue weighted by atomic mass is 10.1. The Morgan fingerprint density at radius 1 is 0.694 bits per heavy atom. The zero-order chi connectivity index (χ0) is 34.5. The van der Waals surface area contributed by atoms with E-state index in [9.17, 15) is 0 Å². The zero-order valence-electron chi connectivity index (χ0n) is 28.6. The lowest BCUT2D eigenvalue weighted by molar-refractivity contribution is 0.170. The topological polar surface area (TPSA) is 104 Å². The Kier molecular flexibility index (Phi) is 10.9. The van der Waals surface area contributed by atoms with Crippen LogP contribution in [0.4, 0.5) is 11.6 Å². The van der Waals surface area contributed by atoms with Crippen LogP contribution in [0.1, 0.15) is 42.6 Å². The van der Waals surface area contributed by atoms with Gasteiger partial charge in [-0.1, -0.05) is 23.2 Å². The molecule has 0 amide bonds. The molecule has 0 N–H and O–H groups in total. The van der Waals surface area contributed by atoms with Crippen molar-refractivity contribution in [2.24, 2.45) is 7.05 Å². The van der Waals surface area contributed by atoms with E-state index in [-0.39, 0.29) is 12.2 Å². The van der Waals surface area contributed by atoms with Gasteiger partial charge in [0.05, 0.1) is 18.8 Å². The summed E-state index contributed by atoms with van der Waals surface area (Å²) in [6, 6.07) is 13.9. The van der Waals surface area contributed by atoms with Gasteiger partial charge in [-0.2, -0.15) is 5.10 Å². The van der Waals surface area contributed by atoms with Gasteiger partial charge in [0.25, 0.3) is 0 Å². The molecule has 0 radical (unpaired) electrons. The highest BCUT2D eigenvalue weighted by molar-refractivity contribution is 6.30. The van der Waals surface area contributed by atoms with Gasteiger partial charge in [-0.05, 0) is 63.2 Å². The van der Waals surface area contributed by atoms with Crippen LogP contribution in [0.3, 0.4) is 0 Å². The highest BCUT2D eigenvalue weighted by Crippen LogP contribution is 2.29. The molecule has 0 aliphatic carbocycles. The number of aryl methyl sites for hydroxylation is 2. The van der Waals surface area contributed by atoms with Crippen molar-refractivity contribution in [3.63, 3.8) is 0 Å². The molecule has 0 saturated carbocycles. The number of anilines is 2. The second kappa shape index (κ2) is 15.5. The minimum Gasteiger partial charge on any atom is -0.497 e. The van der Waals surface area contributed by atoms with Gasteiger partial charge < -0.3 is 24.0 Å². The molecule has 2 aromatic carbocycles. The summed E-state index contributed by atoms with van der Waals surface area (Å²) in [5, 5.41) is 6.44. The standard InChI is InChI=1S/C19H22ClN5O.C17H20ClN3O2/c1-12-18(20)22-13(2)23-19(12)25-8-6-15(7-9-25)26-16-4-5-17-14(10-16)11-21-24(17)3;1-12-16(18)19-11-20-17(12)21-9-7-15(8-10-21)23-14-5-3-13(22-2)4-6-14/h4-5,10-11,15H,6-9H2,1-3H3;3-6,11,15H,7-10H2,1-2H3. The van der Waals surface area contributed by atoms with Crippen molar-refractivity contribution in [1.82, 2.24) is 29.7 Å². The number of halogens is 2. The largest absolute Gasteiger partial charge is 0.497 e. The van der Waals surface area contributed by atoms with Crippen molar-refractivity contribution in [1.29, 1.82) is 0 Å². The minimum atomic E-state index is 0.207. The minimum absolute atomic E-state index is 0.207. The van der Waals surface area contributed by atoms with E-state index in [0.29, 0.717) is 16.1 Å². The van der Waals surface area contributed by atoms with Crippen LogP contribution in [-0.2, 0) is 7.05 Å². The van der Waals surface area contributed by atoms with Crippen LogP contribution in [-0.4, -0.2) is 75.2 Å². The van der Waals surface area contributed by atoms with Crippen LogP contribution in [0.5, 0.6) is 17.2 Å². The van der Waals surface area contributed by atoms with E-state index in [1.165, 1.54) is 6.33 Å². The normalized spacial score (nSPS) is 15.6. The molecule has 0 atom stereocenters.